The fourth-order valence-corrected chi connectivity index (χ4v) is 5.09. The van der Waals surface area contributed by atoms with Gasteiger partial charge in [0.25, 0.3) is 0 Å². The molecule has 0 saturated heterocycles. The summed E-state index contributed by atoms with van der Waals surface area (Å²) in [5.41, 5.74) is 1.84. The number of hydrogen-bond acceptors (Lipinski definition) is 4. The van der Waals surface area contributed by atoms with E-state index in [0.29, 0.717) is 10.8 Å². The Labute approximate surface area is 164 Å². The molecule has 1 aromatic heterocycles. The lowest BCUT2D eigenvalue weighted by Gasteiger charge is -2.07. The zero-order chi connectivity index (χ0) is 19.6. The molecule has 0 aliphatic rings. The van der Waals surface area contributed by atoms with Crippen molar-refractivity contribution in [1.29, 1.82) is 0 Å². The standard InChI is InChI=1S/C22H23N3O2S/c1-2-23-14-6-7-16-12-13-20-19(15-16)22(25-24-20)28(26,27)21-11-5-9-17-8-3-4-10-18(17)21/h3-5,8-13,15,23H,2,6-7,14H2,1H3,(H,24,25). The molecular formula is C22H23N3O2S. The van der Waals surface area contributed by atoms with Crippen molar-refractivity contribution in [2.24, 2.45) is 0 Å². The molecule has 5 nitrogen and oxygen atoms in total. The molecule has 1 heterocycles. The van der Waals surface area contributed by atoms with Gasteiger partial charge in [-0.2, -0.15) is 5.10 Å². The van der Waals surface area contributed by atoms with E-state index in [1.165, 1.54) is 0 Å². The Hall–Kier alpha value is -2.70. The molecule has 2 N–H and O–H groups in total. The van der Waals surface area contributed by atoms with Crippen molar-refractivity contribution in [3.05, 3.63) is 66.2 Å². The molecular weight excluding hydrogens is 370 g/mol. The number of aryl methyl sites for hydroxylation is 1. The minimum Gasteiger partial charge on any atom is -0.317 e. The molecule has 0 fully saturated rings. The van der Waals surface area contributed by atoms with Gasteiger partial charge in [-0.15, -0.1) is 0 Å². The lowest BCUT2D eigenvalue weighted by molar-refractivity contribution is 0.593. The molecule has 28 heavy (non-hydrogen) atoms. The first-order chi connectivity index (χ1) is 13.6. The molecule has 0 aliphatic heterocycles. The van der Waals surface area contributed by atoms with Crippen LogP contribution in [0.4, 0.5) is 0 Å². The molecule has 3 aromatic carbocycles. The fraction of sp³-hybridized carbons (Fsp3) is 0.227. The molecule has 0 unspecified atom stereocenters. The molecule has 0 bridgehead atoms. The SMILES string of the molecule is CCNCCCc1ccc2[nH]nc(S(=O)(=O)c3cccc4ccccc34)c2c1. The van der Waals surface area contributed by atoms with E-state index >= 15 is 0 Å². The topological polar surface area (TPSA) is 74.8 Å². The lowest BCUT2D eigenvalue weighted by Crippen LogP contribution is -2.14. The number of nitrogens with zero attached hydrogens (tertiary/aromatic N) is 1. The number of sulfone groups is 1. The van der Waals surface area contributed by atoms with Gasteiger partial charge in [0, 0.05) is 10.8 Å². The van der Waals surface area contributed by atoms with E-state index in [0.717, 1.165) is 42.4 Å². The Bertz CT molecular complexity index is 1220. The Balaban J connectivity index is 1.77. The van der Waals surface area contributed by atoms with Crippen molar-refractivity contribution in [1.82, 2.24) is 15.5 Å². The summed E-state index contributed by atoms with van der Waals surface area (Å²) in [7, 11) is -3.75. The van der Waals surface area contributed by atoms with Gasteiger partial charge in [0.2, 0.25) is 9.84 Å². The van der Waals surface area contributed by atoms with Gasteiger partial charge in [0.15, 0.2) is 5.03 Å². The highest BCUT2D eigenvalue weighted by atomic mass is 32.2. The normalized spacial score (nSPS) is 12.0. The van der Waals surface area contributed by atoms with Gasteiger partial charge in [-0.3, -0.25) is 5.10 Å². The van der Waals surface area contributed by atoms with Gasteiger partial charge in [-0.1, -0.05) is 49.4 Å². The summed E-state index contributed by atoms with van der Waals surface area (Å²) < 4.78 is 26.9. The fourth-order valence-electron chi connectivity index (χ4n) is 3.53. The summed E-state index contributed by atoms with van der Waals surface area (Å²) in [4.78, 5) is 0.288. The van der Waals surface area contributed by atoms with Crippen LogP contribution >= 0.6 is 0 Å². The van der Waals surface area contributed by atoms with Crippen molar-refractivity contribution in [2.45, 2.75) is 29.7 Å². The zero-order valence-electron chi connectivity index (χ0n) is 15.8. The minimum absolute atomic E-state index is 0.0902. The van der Waals surface area contributed by atoms with Crippen molar-refractivity contribution in [3.63, 3.8) is 0 Å². The number of benzene rings is 3. The highest BCUT2D eigenvalue weighted by Gasteiger charge is 2.25. The summed E-state index contributed by atoms with van der Waals surface area (Å²) in [6.45, 7) is 3.98. The van der Waals surface area contributed by atoms with E-state index in [1.54, 1.807) is 12.1 Å². The second kappa shape index (κ2) is 7.73. The molecule has 0 atom stereocenters. The van der Waals surface area contributed by atoms with Crippen LogP contribution in [0.25, 0.3) is 21.7 Å². The maximum atomic E-state index is 13.4. The minimum atomic E-state index is -3.75. The quantitative estimate of drug-likeness (QED) is 0.464. The number of H-pyrrole nitrogens is 1. The lowest BCUT2D eigenvalue weighted by atomic mass is 10.1. The summed E-state index contributed by atoms with van der Waals surface area (Å²) in [6, 6.07) is 18.7. The van der Waals surface area contributed by atoms with Gasteiger partial charge >= 0.3 is 0 Å². The molecule has 0 spiro atoms. The molecule has 0 saturated carbocycles. The smallest absolute Gasteiger partial charge is 0.226 e. The summed E-state index contributed by atoms with van der Waals surface area (Å²) in [5.74, 6) is 0. The molecule has 144 valence electrons. The molecule has 6 heteroatoms. The summed E-state index contributed by atoms with van der Waals surface area (Å²) in [5, 5.41) is 12.7. The molecule has 0 radical (unpaired) electrons. The average Bonchev–Trinajstić information content (AvgIpc) is 3.15. The van der Waals surface area contributed by atoms with Gasteiger partial charge in [0.05, 0.1) is 10.4 Å². The second-order valence-corrected chi connectivity index (χ2v) is 8.68. The third-order valence-corrected chi connectivity index (χ3v) is 6.71. The van der Waals surface area contributed by atoms with E-state index in [1.807, 2.05) is 48.5 Å². The van der Waals surface area contributed by atoms with Crippen molar-refractivity contribution < 1.29 is 8.42 Å². The first kappa shape index (κ1) is 18.7. The molecule has 0 aliphatic carbocycles. The van der Waals surface area contributed by atoms with E-state index < -0.39 is 9.84 Å². The van der Waals surface area contributed by atoms with Crippen LogP contribution in [0.1, 0.15) is 18.9 Å². The first-order valence-electron chi connectivity index (χ1n) is 9.52. The van der Waals surface area contributed by atoms with Crippen LogP contribution in [0.2, 0.25) is 0 Å². The van der Waals surface area contributed by atoms with Gasteiger partial charge in [0.1, 0.15) is 0 Å². The number of hydrogen-bond donors (Lipinski definition) is 2. The number of rotatable bonds is 7. The van der Waals surface area contributed by atoms with E-state index in [9.17, 15) is 8.42 Å². The maximum Gasteiger partial charge on any atom is 0.226 e. The maximum absolute atomic E-state index is 13.4. The van der Waals surface area contributed by atoms with E-state index in [2.05, 4.69) is 22.4 Å². The van der Waals surface area contributed by atoms with Gasteiger partial charge in [-0.25, -0.2) is 8.42 Å². The highest BCUT2D eigenvalue weighted by Crippen LogP contribution is 2.31. The predicted octanol–water partition coefficient (Wildman–Crippen LogP) is 4.09. The third kappa shape index (κ3) is 3.41. The molecule has 4 aromatic rings. The third-order valence-electron chi connectivity index (χ3n) is 4.95. The van der Waals surface area contributed by atoms with Crippen LogP contribution in [0.15, 0.2) is 70.6 Å². The first-order valence-corrected chi connectivity index (χ1v) is 11.0. The van der Waals surface area contributed by atoms with Crippen molar-refractivity contribution >= 4 is 31.5 Å². The Morgan fingerprint density at radius 1 is 1.00 bits per heavy atom. The van der Waals surface area contributed by atoms with Gasteiger partial charge < -0.3 is 5.32 Å². The number of nitrogens with one attached hydrogen (secondary N) is 2. The summed E-state index contributed by atoms with van der Waals surface area (Å²) in [6.07, 6.45) is 1.89. The number of fused-ring (bicyclic) bond motifs is 2. The van der Waals surface area contributed by atoms with Crippen LogP contribution in [-0.4, -0.2) is 31.7 Å². The summed E-state index contributed by atoms with van der Waals surface area (Å²) >= 11 is 0. The largest absolute Gasteiger partial charge is 0.317 e. The zero-order valence-corrected chi connectivity index (χ0v) is 16.6. The predicted molar refractivity (Wildman–Crippen MR) is 112 cm³/mol. The van der Waals surface area contributed by atoms with Crippen LogP contribution in [0, 0.1) is 0 Å². The Kier molecular flexibility index (Phi) is 5.15. The van der Waals surface area contributed by atoms with Crippen molar-refractivity contribution in [3.8, 4) is 0 Å². The molecule has 0 amide bonds. The average molecular weight is 394 g/mol. The highest BCUT2D eigenvalue weighted by molar-refractivity contribution is 7.91. The van der Waals surface area contributed by atoms with Gasteiger partial charge in [-0.05, 0) is 55.1 Å². The number of aromatic amines is 1. The Morgan fingerprint density at radius 3 is 2.68 bits per heavy atom. The van der Waals surface area contributed by atoms with Crippen LogP contribution in [0.5, 0.6) is 0 Å². The van der Waals surface area contributed by atoms with Crippen LogP contribution in [-0.2, 0) is 16.3 Å². The van der Waals surface area contributed by atoms with Crippen LogP contribution in [0.3, 0.4) is 0 Å². The van der Waals surface area contributed by atoms with E-state index in [-0.39, 0.29) is 9.92 Å². The van der Waals surface area contributed by atoms with E-state index in [4.69, 9.17) is 0 Å². The number of aromatic nitrogens is 2. The van der Waals surface area contributed by atoms with Crippen molar-refractivity contribution in [2.75, 3.05) is 13.1 Å². The second-order valence-electron chi connectivity index (χ2n) is 6.85. The monoisotopic (exact) mass is 393 g/mol. The Morgan fingerprint density at radius 2 is 1.82 bits per heavy atom. The molecule has 4 rings (SSSR count). The van der Waals surface area contributed by atoms with Crippen LogP contribution < -0.4 is 5.32 Å².